The Morgan fingerprint density at radius 2 is 2.18 bits per heavy atom. The fourth-order valence-electron chi connectivity index (χ4n) is 1.60. The van der Waals surface area contributed by atoms with E-state index in [1.807, 2.05) is 31.2 Å². The highest BCUT2D eigenvalue weighted by molar-refractivity contribution is 9.10. The van der Waals surface area contributed by atoms with E-state index in [0.29, 0.717) is 12.6 Å². The summed E-state index contributed by atoms with van der Waals surface area (Å²) >= 11 is 9.33. The van der Waals surface area contributed by atoms with Gasteiger partial charge in [0.05, 0.1) is 0 Å². The van der Waals surface area contributed by atoms with Crippen LogP contribution in [0.25, 0.3) is 0 Å². The van der Waals surface area contributed by atoms with E-state index >= 15 is 0 Å². The number of hydrogen-bond donors (Lipinski definition) is 1. The van der Waals surface area contributed by atoms with Crippen molar-refractivity contribution in [3.8, 4) is 5.75 Å². The second-order valence-electron chi connectivity index (χ2n) is 4.18. The minimum Gasteiger partial charge on any atom is -0.492 e. The molecule has 4 heteroatoms. The second-order valence-corrected chi connectivity index (χ2v) is 5.84. The van der Waals surface area contributed by atoms with Gasteiger partial charge in [0.2, 0.25) is 0 Å². The van der Waals surface area contributed by atoms with Gasteiger partial charge < -0.3 is 10.1 Å². The van der Waals surface area contributed by atoms with Crippen LogP contribution in [0.4, 0.5) is 0 Å². The van der Waals surface area contributed by atoms with Gasteiger partial charge in [-0.05, 0) is 38.5 Å². The highest BCUT2D eigenvalue weighted by atomic mass is 79.9. The topological polar surface area (TPSA) is 21.3 Å². The van der Waals surface area contributed by atoms with Crippen LogP contribution in [0.1, 0.15) is 20.3 Å². The van der Waals surface area contributed by atoms with Crippen LogP contribution in [0.5, 0.6) is 5.75 Å². The van der Waals surface area contributed by atoms with E-state index in [0.717, 1.165) is 23.2 Å². The number of rotatable bonds is 7. The summed E-state index contributed by atoms with van der Waals surface area (Å²) in [6.07, 6.45) is 0.971. The van der Waals surface area contributed by atoms with Crippen LogP contribution in [0, 0.1) is 0 Å². The summed E-state index contributed by atoms with van der Waals surface area (Å²) in [6.45, 7) is 5.64. The molecule has 2 atom stereocenters. The molecule has 0 amide bonds. The van der Waals surface area contributed by atoms with Gasteiger partial charge in [0, 0.05) is 22.4 Å². The van der Waals surface area contributed by atoms with Crippen molar-refractivity contribution in [2.24, 2.45) is 0 Å². The van der Waals surface area contributed by atoms with Crippen LogP contribution in [0.3, 0.4) is 0 Å². The standard InChI is InChI=1S/C13H19BrClNO/c1-10(15)8-11(2)16-6-7-17-13-5-3-4-12(14)9-13/h3-5,9-11,16H,6-8H2,1-2H3. The lowest BCUT2D eigenvalue weighted by Gasteiger charge is -2.15. The average Bonchev–Trinajstić information content (AvgIpc) is 2.23. The Morgan fingerprint density at radius 3 is 2.82 bits per heavy atom. The first kappa shape index (κ1) is 14.8. The molecule has 0 aliphatic heterocycles. The lowest BCUT2D eigenvalue weighted by atomic mass is 10.2. The highest BCUT2D eigenvalue weighted by Crippen LogP contribution is 2.17. The molecule has 1 aromatic carbocycles. The van der Waals surface area contributed by atoms with E-state index < -0.39 is 0 Å². The molecule has 0 aromatic heterocycles. The number of halogens is 2. The molecule has 2 nitrogen and oxygen atoms in total. The Kier molecular flexibility index (Phi) is 6.93. The van der Waals surface area contributed by atoms with E-state index in [1.54, 1.807) is 0 Å². The minimum atomic E-state index is 0.212. The zero-order chi connectivity index (χ0) is 12.7. The van der Waals surface area contributed by atoms with Crippen LogP contribution >= 0.6 is 27.5 Å². The Bertz CT molecular complexity index is 333. The second kappa shape index (κ2) is 7.96. The SMILES string of the molecule is CC(Cl)CC(C)NCCOc1cccc(Br)c1. The van der Waals surface area contributed by atoms with E-state index in [2.05, 4.69) is 28.2 Å². The molecule has 1 rings (SSSR count). The molecule has 0 radical (unpaired) electrons. The minimum absolute atomic E-state index is 0.212. The molecule has 0 saturated carbocycles. The van der Waals surface area contributed by atoms with Crippen molar-refractivity contribution in [1.82, 2.24) is 5.32 Å². The van der Waals surface area contributed by atoms with Crippen molar-refractivity contribution >= 4 is 27.5 Å². The molecular weight excluding hydrogens is 302 g/mol. The number of alkyl halides is 1. The van der Waals surface area contributed by atoms with Gasteiger partial charge in [-0.3, -0.25) is 0 Å². The van der Waals surface area contributed by atoms with Crippen LogP contribution in [0.15, 0.2) is 28.7 Å². The molecule has 0 bridgehead atoms. The quantitative estimate of drug-likeness (QED) is 0.609. The van der Waals surface area contributed by atoms with Gasteiger partial charge in [-0.25, -0.2) is 0 Å². The maximum absolute atomic E-state index is 5.92. The fourth-order valence-corrected chi connectivity index (χ4v) is 2.25. The van der Waals surface area contributed by atoms with Crippen LogP contribution in [-0.4, -0.2) is 24.6 Å². The summed E-state index contributed by atoms with van der Waals surface area (Å²) in [5.74, 6) is 0.888. The van der Waals surface area contributed by atoms with Gasteiger partial charge in [-0.1, -0.05) is 22.0 Å². The van der Waals surface area contributed by atoms with Gasteiger partial charge >= 0.3 is 0 Å². The molecular formula is C13H19BrClNO. The predicted molar refractivity (Wildman–Crippen MR) is 77.0 cm³/mol. The van der Waals surface area contributed by atoms with Gasteiger partial charge in [-0.15, -0.1) is 11.6 Å². The van der Waals surface area contributed by atoms with Gasteiger partial charge in [0.1, 0.15) is 12.4 Å². The summed E-state index contributed by atoms with van der Waals surface area (Å²) in [4.78, 5) is 0. The lowest BCUT2D eigenvalue weighted by molar-refractivity contribution is 0.305. The predicted octanol–water partition coefficient (Wildman–Crippen LogP) is 3.82. The van der Waals surface area contributed by atoms with Crippen molar-refractivity contribution in [2.45, 2.75) is 31.7 Å². The summed E-state index contributed by atoms with van der Waals surface area (Å²) < 4.78 is 6.65. The summed E-state index contributed by atoms with van der Waals surface area (Å²) in [7, 11) is 0. The third-order valence-electron chi connectivity index (χ3n) is 2.34. The zero-order valence-corrected chi connectivity index (χ0v) is 12.6. The molecule has 0 heterocycles. The molecule has 0 aliphatic rings. The molecule has 0 fully saturated rings. The third-order valence-corrected chi connectivity index (χ3v) is 3.01. The molecule has 0 spiro atoms. The monoisotopic (exact) mass is 319 g/mol. The van der Waals surface area contributed by atoms with Crippen molar-refractivity contribution in [2.75, 3.05) is 13.2 Å². The molecule has 1 N–H and O–H groups in total. The first-order valence-corrected chi connectivity index (χ1v) is 7.06. The Morgan fingerprint density at radius 1 is 1.41 bits per heavy atom. The smallest absolute Gasteiger partial charge is 0.120 e. The van der Waals surface area contributed by atoms with E-state index in [-0.39, 0.29) is 5.38 Å². The van der Waals surface area contributed by atoms with Crippen LogP contribution in [0.2, 0.25) is 0 Å². The Balaban J connectivity index is 2.16. The molecule has 0 saturated heterocycles. The number of hydrogen-bond acceptors (Lipinski definition) is 2. The van der Waals surface area contributed by atoms with Gasteiger partial charge in [0.15, 0.2) is 0 Å². The number of ether oxygens (including phenoxy) is 1. The Labute approximate surface area is 117 Å². The van der Waals surface area contributed by atoms with Crippen molar-refractivity contribution in [1.29, 1.82) is 0 Å². The molecule has 2 unspecified atom stereocenters. The summed E-state index contributed by atoms with van der Waals surface area (Å²) in [5, 5.41) is 3.59. The van der Waals surface area contributed by atoms with Gasteiger partial charge in [-0.2, -0.15) is 0 Å². The van der Waals surface area contributed by atoms with E-state index in [4.69, 9.17) is 16.3 Å². The third kappa shape index (κ3) is 6.92. The zero-order valence-electron chi connectivity index (χ0n) is 10.2. The highest BCUT2D eigenvalue weighted by Gasteiger charge is 2.04. The fraction of sp³-hybridized carbons (Fsp3) is 0.538. The lowest BCUT2D eigenvalue weighted by Crippen LogP contribution is -2.31. The average molecular weight is 321 g/mol. The van der Waals surface area contributed by atoms with E-state index in [9.17, 15) is 0 Å². The maximum Gasteiger partial charge on any atom is 0.120 e. The molecule has 1 aromatic rings. The first-order chi connectivity index (χ1) is 8.08. The van der Waals surface area contributed by atoms with Crippen molar-refractivity contribution in [3.63, 3.8) is 0 Å². The first-order valence-electron chi connectivity index (χ1n) is 5.83. The molecule has 17 heavy (non-hydrogen) atoms. The summed E-state index contributed by atoms with van der Waals surface area (Å²) in [6, 6.07) is 8.28. The maximum atomic E-state index is 5.92. The van der Waals surface area contributed by atoms with Crippen molar-refractivity contribution in [3.05, 3.63) is 28.7 Å². The van der Waals surface area contributed by atoms with Crippen molar-refractivity contribution < 1.29 is 4.74 Å². The Hall–Kier alpha value is -0.250. The molecule has 96 valence electrons. The van der Waals surface area contributed by atoms with Gasteiger partial charge in [0.25, 0.3) is 0 Å². The van der Waals surface area contributed by atoms with Crippen LogP contribution in [-0.2, 0) is 0 Å². The number of nitrogens with one attached hydrogen (secondary N) is 1. The van der Waals surface area contributed by atoms with E-state index in [1.165, 1.54) is 0 Å². The largest absolute Gasteiger partial charge is 0.492 e. The number of benzene rings is 1. The normalized spacial score (nSPS) is 14.4. The molecule has 0 aliphatic carbocycles. The van der Waals surface area contributed by atoms with Crippen LogP contribution < -0.4 is 10.1 Å². The summed E-state index contributed by atoms with van der Waals surface area (Å²) in [5.41, 5.74) is 0.